The van der Waals surface area contributed by atoms with E-state index in [0.29, 0.717) is 5.56 Å². The first kappa shape index (κ1) is 29.2. The van der Waals surface area contributed by atoms with Crippen molar-refractivity contribution < 1.29 is 65.0 Å². The number of aromatic hydroxyl groups is 3. The maximum absolute atomic E-state index is 13.0. The van der Waals surface area contributed by atoms with Crippen molar-refractivity contribution in [2.45, 2.75) is 67.5 Å². The summed E-state index contributed by atoms with van der Waals surface area (Å²) in [7, 11) is 0. The summed E-state index contributed by atoms with van der Waals surface area (Å²) in [5.41, 5.74) is -0.860. The molecule has 10 N–H and O–H groups in total. The third-order valence-electron chi connectivity index (χ3n) is 7.66. The van der Waals surface area contributed by atoms with Gasteiger partial charge in [-0.3, -0.25) is 4.79 Å². The number of hydrogen-bond acceptors (Lipinski definition) is 14. The zero-order chi connectivity index (χ0) is 29.7. The van der Waals surface area contributed by atoms with E-state index in [0.717, 1.165) is 12.1 Å². The molecule has 2 aromatic carbocycles. The number of phenols is 3. The lowest BCUT2D eigenvalue weighted by atomic mass is 9.76. The van der Waals surface area contributed by atoms with Gasteiger partial charge in [0.05, 0.1) is 18.8 Å². The van der Waals surface area contributed by atoms with Crippen LogP contribution in [0.5, 0.6) is 17.2 Å². The molecule has 1 saturated carbocycles. The fourth-order valence-electron chi connectivity index (χ4n) is 5.41. The van der Waals surface area contributed by atoms with Crippen LogP contribution in [0.2, 0.25) is 0 Å². The Balaban J connectivity index is 1.56. The largest absolute Gasteiger partial charge is 0.508 e. The molecule has 1 aliphatic heterocycles. The molecule has 1 saturated heterocycles. The van der Waals surface area contributed by atoms with Crippen LogP contribution in [0.3, 0.4) is 0 Å². The van der Waals surface area contributed by atoms with E-state index in [1.165, 1.54) is 24.3 Å². The van der Waals surface area contributed by atoms with Crippen LogP contribution in [0.4, 0.5) is 0 Å². The van der Waals surface area contributed by atoms with Gasteiger partial charge in [-0.2, -0.15) is 0 Å². The van der Waals surface area contributed by atoms with Gasteiger partial charge in [-0.15, -0.1) is 0 Å². The van der Waals surface area contributed by atoms with Crippen LogP contribution < -0.4 is 5.43 Å². The predicted octanol–water partition coefficient (Wildman–Crippen LogP) is -1.67. The second kappa shape index (κ2) is 11.2. The minimum Gasteiger partial charge on any atom is -0.508 e. The summed E-state index contributed by atoms with van der Waals surface area (Å²) in [5.74, 6) is -2.57. The van der Waals surface area contributed by atoms with E-state index in [2.05, 4.69) is 0 Å². The summed E-state index contributed by atoms with van der Waals surface area (Å²) in [6, 6.07) is 7.58. The number of fused-ring (bicyclic) bond motifs is 1. The SMILES string of the molecule is O=c1cc(-c2ccc(O)cc2)oc2c(C3CC(OC4OC(CO)C(O)C(O)C4O)C(O)C(O)C3O)c(O)cc(O)c12. The minimum absolute atomic E-state index is 0.00579. The minimum atomic E-state index is -1.89. The molecule has 222 valence electrons. The average Bonchev–Trinajstić information content (AvgIpc) is 2.94. The van der Waals surface area contributed by atoms with Crippen molar-refractivity contribution >= 4 is 11.0 Å². The van der Waals surface area contributed by atoms with Crippen LogP contribution in [0.15, 0.2) is 45.6 Å². The van der Waals surface area contributed by atoms with Crippen LogP contribution in [-0.2, 0) is 9.47 Å². The van der Waals surface area contributed by atoms with Crippen LogP contribution in [0.25, 0.3) is 22.3 Å². The monoisotopic (exact) mass is 578 g/mol. The first-order chi connectivity index (χ1) is 19.4. The van der Waals surface area contributed by atoms with Crippen molar-refractivity contribution in [3.05, 3.63) is 52.2 Å². The van der Waals surface area contributed by atoms with E-state index in [1.807, 2.05) is 0 Å². The van der Waals surface area contributed by atoms with Gasteiger partial charge in [0.25, 0.3) is 0 Å². The van der Waals surface area contributed by atoms with E-state index in [4.69, 9.17) is 13.9 Å². The van der Waals surface area contributed by atoms with Crippen molar-refractivity contribution in [3.8, 4) is 28.6 Å². The molecule has 2 fully saturated rings. The lowest BCUT2D eigenvalue weighted by Crippen LogP contribution is -2.61. The lowest BCUT2D eigenvalue weighted by molar-refractivity contribution is -0.324. The molecule has 0 amide bonds. The Labute approximate surface area is 231 Å². The summed E-state index contributed by atoms with van der Waals surface area (Å²) in [6.45, 7) is -0.738. The molecule has 14 heteroatoms. The summed E-state index contributed by atoms with van der Waals surface area (Å²) in [5, 5.41) is 103. The normalized spacial score (nSPS) is 34.1. The van der Waals surface area contributed by atoms with Crippen molar-refractivity contribution in [1.82, 2.24) is 0 Å². The molecule has 3 aromatic rings. The fraction of sp³-hybridized carbons (Fsp3) is 0.444. The Morgan fingerprint density at radius 1 is 0.805 bits per heavy atom. The molecular weight excluding hydrogens is 548 g/mol. The predicted molar refractivity (Wildman–Crippen MR) is 137 cm³/mol. The zero-order valence-electron chi connectivity index (χ0n) is 21.3. The Hall–Kier alpha value is -3.31. The zero-order valence-corrected chi connectivity index (χ0v) is 21.3. The van der Waals surface area contributed by atoms with E-state index in [9.17, 15) is 55.9 Å². The molecule has 10 unspecified atom stereocenters. The van der Waals surface area contributed by atoms with Crippen LogP contribution in [-0.4, -0.2) is 113 Å². The molecule has 1 aliphatic carbocycles. The maximum Gasteiger partial charge on any atom is 0.197 e. The third-order valence-corrected chi connectivity index (χ3v) is 7.66. The number of aliphatic hydroxyl groups is 7. The topological polar surface area (TPSA) is 251 Å². The van der Waals surface area contributed by atoms with Crippen molar-refractivity contribution in [1.29, 1.82) is 0 Å². The molecule has 0 bridgehead atoms. The van der Waals surface area contributed by atoms with E-state index < -0.39 is 84.6 Å². The van der Waals surface area contributed by atoms with Gasteiger partial charge in [-0.25, -0.2) is 0 Å². The highest BCUT2D eigenvalue weighted by Crippen LogP contribution is 2.45. The van der Waals surface area contributed by atoms with Gasteiger partial charge in [0, 0.05) is 29.2 Å². The standard InChI is InChI=1S/C27H30O14/c28-8-17-22(35)24(37)25(38)27(41-17)40-16-5-11(20(33)23(36)21(16)34)18-12(30)6-13(31)19-14(32)7-15(39-26(18)19)9-1-3-10(29)4-2-9/h1-4,6-7,11,16-17,20-25,27-31,33-38H,5,8H2. The molecular formula is C27H30O14. The number of phenolic OH excluding ortho intramolecular Hbond substituents is 3. The quantitative estimate of drug-likeness (QED) is 0.163. The first-order valence-corrected chi connectivity index (χ1v) is 12.7. The maximum atomic E-state index is 13.0. The molecule has 2 heterocycles. The Morgan fingerprint density at radius 3 is 2.12 bits per heavy atom. The number of benzene rings is 2. The third kappa shape index (κ3) is 5.14. The fourth-order valence-corrected chi connectivity index (χ4v) is 5.41. The number of aliphatic hydroxyl groups excluding tert-OH is 7. The van der Waals surface area contributed by atoms with Crippen molar-refractivity contribution in [2.24, 2.45) is 0 Å². The Bertz CT molecular complexity index is 1450. The molecule has 41 heavy (non-hydrogen) atoms. The van der Waals surface area contributed by atoms with Gasteiger partial charge in [0.2, 0.25) is 0 Å². The lowest BCUT2D eigenvalue weighted by Gasteiger charge is -2.45. The van der Waals surface area contributed by atoms with E-state index >= 15 is 0 Å². The first-order valence-electron chi connectivity index (χ1n) is 12.7. The highest BCUT2D eigenvalue weighted by atomic mass is 16.7. The smallest absolute Gasteiger partial charge is 0.197 e. The number of rotatable bonds is 5. The van der Waals surface area contributed by atoms with Gasteiger partial charge in [-0.05, 0) is 30.7 Å². The van der Waals surface area contributed by atoms with Gasteiger partial charge < -0.3 is 65.0 Å². The van der Waals surface area contributed by atoms with Crippen molar-refractivity contribution in [3.63, 3.8) is 0 Å². The molecule has 5 rings (SSSR count). The highest BCUT2D eigenvalue weighted by molar-refractivity contribution is 5.89. The van der Waals surface area contributed by atoms with Gasteiger partial charge in [0.15, 0.2) is 11.7 Å². The number of ether oxygens (including phenoxy) is 2. The number of hydrogen-bond donors (Lipinski definition) is 10. The second-order valence-electron chi connectivity index (χ2n) is 10.2. The second-order valence-corrected chi connectivity index (χ2v) is 10.2. The molecule has 14 nitrogen and oxygen atoms in total. The molecule has 1 aromatic heterocycles. The van der Waals surface area contributed by atoms with Crippen LogP contribution in [0.1, 0.15) is 17.9 Å². The summed E-state index contributed by atoms with van der Waals surface area (Å²) in [4.78, 5) is 13.0. The Morgan fingerprint density at radius 2 is 1.46 bits per heavy atom. The summed E-state index contributed by atoms with van der Waals surface area (Å²) < 4.78 is 16.9. The van der Waals surface area contributed by atoms with E-state index in [1.54, 1.807) is 0 Å². The average molecular weight is 579 g/mol. The Kier molecular flexibility index (Phi) is 7.95. The summed E-state index contributed by atoms with van der Waals surface area (Å²) in [6.07, 6.45) is -15.5. The van der Waals surface area contributed by atoms with Crippen molar-refractivity contribution in [2.75, 3.05) is 6.61 Å². The van der Waals surface area contributed by atoms with Gasteiger partial charge in [-0.1, -0.05) is 0 Å². The molecule has 2 aliphatic rings. The van der Waals surface area contributed by atoms with Gasteiger partial charge >= 0.3 is 0 Å². The van der Waals surface area contributed by atoms with E-state index in [-0.39, 0.29) is 34.5 Å². The molecule has 0 spiro atoms. The molecule has 0 radical (unpaired) electrons. The highest BCUT2D eigenvalue weighted by Gasteiger charge is 2.50. The van der Waals surface area contributed by atoms with Crippen LogP contribution in [0, 0.1) is 0 Å². The van der Waals surface area contributed by atoms with Gasteiger partial charge in [0.1, 0.15) is 70.6 Å². The van der Waals surface area contributed by atoms with Crippen LogP contribution >= 0.6 is 0 Å². The summed E-state index contributed by atoms with van der Waals surface area (Å²) >= 11 is 0. The molecule has 10 atom stereocenters.